The van der Waals surface area contributed by atoms with E-state index in [2.05, 4.69) is 9.62 Å². The third-order valence-corrected chi connectivity index (χ3v) is 4.89. The predicted molar refractivity (Wildman–Crippen MR) is 91.1 cm³/mol. The number of rotatable bonds is 6. The summed E-state index contributed by atoms with van der Waals surface area (Å²) in [6.07, 6.45) is 1.58. The zero-order chi connectivity index (χ0) is 16.7. The number of nitrogens with zero attached hydrogens (tertiary/aromatic N) is 2. The van der Waals surface area contributed by atoms with Crippen LogP contribution in [0, 0.1) is 0 Å². The lowest BCUT2D eigenvalue weighted by molar-refractivity contribution is -0.130. The Morgan fingerprint density at radius 3 is 2.43 bits per heavy atom. The molecule has 1 saturated heterocycles. The van der Waals surface area contributed by atoms with Crippen molar-refractivity contribution >= 4 is 22.0 Å². The summed E-state index contributed by atoms with van der Waals surface area (Å²) in [6.45, 7) is 5.54. The van der Waals surface area contributed by atoms with Gasteiger partial charge in [0, 0.05) is 51.6 Å². The number of hydrogen-bond acceptors (Lipinski definition) is 4. The van der Waals surface area contributed by atoms with Crippen molar-refractivity contribution in [2.75, 3.05) is 39.3 Å². The Labute approximate surface area is 137 Å². The van der Waals surface area contributed by atoms with Gasteiger partial charge in [0.1, 0.15) is 0 Å². The van der Waals surface area contributed by atoms with Crippen molar-refractivity contribution in [3.8, 4) is 0 Å². The average molecular weight is 337 g/mol. The van der Waals surface area contributed by atoms with Gasteiger partial charge in [-0.2, -0.15) is 0 Å². The Morgan fingerprint density at radius 2 is 1.83 bits per heavy atom. The molecule has 1 amide bonds. The Kier molecular flexibility index (Phi) is 6.32. The standard InChI is InChI=1S/C16H23N3O3S/c1-15(20)19-12-10-18(11-13-19)9-8-17-23(21,22)14-7-16-5-3-2-4-6-16/h2-7,14,17H,8-13H2,1H3/b14-7+. The minimum Gasteiger partial charge on any atom is -0.340 e. The van der Waals surface area contributed by atoms with Gasteiger partial charge in [-0.25, -0.2) is 13.1 Å². The smallest absolute Gasteiger partial charge is 0.233 e. The van der Waals surface area contributed by atoms with Gasteiger partial charge >= 0.3 is 0 Å². The van der Waals surface area contributed by atoms with Crippen LogP contribution in [0.5, 0.6) is 0 Å². The van der Waals surface area contributed by atoms with Gasteiger partial charge in [-0.05, 0) is 11.6 Å². The molecule has 1 aliphatic heterocycles. The van der Waals surface area contributed by atoms with Crippen LogP contribution in [-0.4, -0.2) is 63.4 Å². The van der Waals surface area contributed by atoms with Gasteiger partial charge in [0.2, 0.25) is 15.9 Å². The fourth-order valence-electron chi connectivity index (χ4n) is 2.41. The van der Waals surface area contributed by atoms with E-state index in [1.807, 2.05) is 35.2 Å². The Hall–Kier alpha value is -1.70. The highest BCUT2D eigenvalue weighted by Gasteiger charge is 2.18. The van der Waals surface area contributed by atoms with E-state index in [-0.39, 0.29) is 5.91 Å². The monoisotopic (exact) mass is 337 g/mol. The minimum absolute atomic E-state index is 0.0939. The third kappa shape index (κ3) is 6.13. The first kappa shape index (κ1) is 17.7. The molecule has 7 heteroatoms. The summed E-state index contributed by atoms with van der Waals surface area (Å²) in [5, 5.41) is 1.19. The van der Waals surface area contributed by atoms with Crippen LogP contribution in [-0.2, 0) is 14.8 Å². The Balaban J connectivity index is 1.73. The van der Waals surface area contributed by atoms with Gasteiger partial charge in [0.15, 0.2) is 0 Å². The highest BCUT2D eigenvalue weighted by atomic mass is 32.2. The lowest BCUT2D eigenvalue weighted by Gasteiger charge is -2.34. The molecule has 1 fully saturated rings. The maximum Gasteiger partial charge on any atom is 0.233 e. The van der Waals surface area contributed by atoms with Gasteiger partial charge in [0.05, 0.1) is 0 Å². The zero-order valence-electron chi connectivity index (χ0n) is 13.3. The molecule has 0 spiro atoms. The van der Waals surface area contributed by atoms with Gasteiger partial charge in [-0.15, -0.1) is 0 Å². The first-order valence-electron chi connectivity index (χ1n) is 7.67. The SMILES string of the molecule is CC(=O)N1CCN(CCNS(=O)(=O)/C=C/c2ccccc2)CC1. The molecule has 1 aliphatic rings. The number of piperazine rings is 1. The summed E-state index contributed by atoms with van der Waals surface area (Å²) in [7, 11) is -3.43. The van der Waals surface area contributed by atoms with Crippen LogP contribution in [0.25, 0.3) is 6.08 Å². The van der Waals surface area contributed by atoms with Crippen LogP contribution in [0.1, 0.15) is 12.5 Å². The molecule has 1 N–H and O–H groups in total. The number of amides is 1. The molecule has 6 nitrogen and oxygen atoms in total. The van der Waals surface area contributed by atoms with Crippen LogP contribution in [0.4, 0.5) is 0 Å². The molecular formula is C16H23N3O3S. The molecule has 0 bridgehead atoms. The van der Waals surface area contributed by atoms with Crippen molar-refractivity contribution in [1.82, 2.24) is 14.5 Å². The molecule has 0 aromatic heterocycles. The van der Waals surface area contributed by atoms with E-state index in [9.17, 15) is 13.2 Å². The van der Waals surface area contributed by atoms with E-state index in [0.29, 0.717) is 26.2 Å². The van der Waals surface area contributed by atoms with Crippen LogP contribution in [0.2, 0.25) is 0 Å². The van der Waals surface area contributed by atoms with Crippen molar-refractivity contribution < 1.29 is 13.2 Å². The quantitative estimate of drug-likeness (QED) is 0.831. The van der Waals surface area contributed by atoms with Crippen molar-refractivity contribution in [3.05, 3.63) is 41.3 Å². The fourth-order valence-corrected chi connectivity index (χ4v) is 3.22. The molecule has 0 saturated carbocycles. The molecule has 126 valence electrons. The number of sulfonamides is 1. The highest BCUT2D eigenvalue weighted by molar-refractivity contribution is 7.92. The maximum atomic E-state index is 11.9. The summed E-state index contributed by atoms with van der Waals surface area (Å²) in [4.78, 5) is 15.2. The van der Waals surface area contributed by atoms with Crippen LogP contribution < -0.4 is 4.72 Å². The zero-order valence-corrected chi connectivity index (χ0v) is 14.1. The number of carbonyl (C=O) groups excluding carboxylic acids is 1. The number of carbonyl (C=O) groups is 1. The van der Waals surface area contributed by atoms with Crippen LogP contribution in [0.15, 0.2) is 35.7 Å². The van der Waals surface area contributed by atoms with E-state index in [0.717, 1.165) is 18.7 Å². The second-order valence-corrected chi connectivity index (χ2v) is 7.15. The van der Waals surface area contributed by atoms with Crippen molar-refractivity contribution in [1.29, 1.82) is 0 Å². The van der Waals surface area contributed by atoms with E-state index in [4.69, 9.17) is 0 Å². The lowest BCUT2D eigenvalue weighted by atomic mass is 10.2. The van der Waals surface area contributed by atoms with Crippen molar-refractivity contribution in [2.24, 2.45) is 0 Å². The number of nitrogens with one attached hydrogen (secondary N) is 1. The van der Waals surface area contributed by atoms with E-state index >= 15 is 0 Å². The lowest BCUT2D eigenvalue weighted by Crippen LogP contribution is -2.49. The van der Waals surface area contributed by atoms with E-state index in [1.54, 1.807) is 13.0 Å². The predicted octanol–water partition coefficient (Wildman–Crippen LogP) is 0.741. The molecule has 1 aromatic carbocycles. The van der Waals surface area contributed by atoms with E-state index in [1.165, 1.54) is 5.41 Å². The van der Waals surface area contributed by atoms with Gasteiger partial charge in [0.25, 0.3) is 0 Å². The first-order chi connectivity index (χ1) is 11.0. The Bertz CT molecular complexity index is 636. The topological polar surface area (TPSA) is 69.7 Å². The molecule has 0 unspecified atom stereocenters. The van der Waals surface area contributed by atoms with Gasteiger partial charge in [-0.1, -0.05) is 30.3 Å². The molecule has 23 heavy (non-hydrogen) atoms. The summed E-state index contributed by atoms with van der Waals surface area (Å²) < 4.78 is 26.4. The van der Waals surface area contributed by atoms with Gasteiger partial charge < -0.3 is 4.90 Å². The molecule has 1 heterocycles. The molecular weight excluding hydrogens is 314 g/mol. The highest BCUT2D eigenvalue weighted by Crippen LogP contribution is 2.03. The first-order valence-corrected chi connectivity index (χ1v) is 9.21. The maximum absolute atomic E-state index is 11.9. The number of benzene rings is 1. The second-order valence-electron chi connectivity index (χ2n) is 5.50. The summed E-state index contributed by atoms with van der Waals surface area (Å²) in [6, 6.07) is 9.30. The minimum atomic E-state index is -3.43. The van der Waals surface area contributed by atoms with Crippen molar-refractivity contribution in [2.45, 2.75) is 6.92 Å². The molecule has 1 aromatic rings. The largest absolute Gasteiger partial charge is 0.340 e. The van der Waals surface area contributed by atoms with E-state index < -0.39 is 10.0 Å². The molecule has 0 radical (unpaired) electrons. The number of hydrogen-bond donors (Lipinski definition) is 1. The summed E-state index contributed by atoms with van der Waals surface area (Å²) in [5.41, 5.74) is 0.846. The summed E-state index contributed by atoms with van der Waals surface area (Å²) in [5.74, 6) is 0.0939. The molecule has 2 rings (SSSR count). The molecule has 0 atom stereocenters. The third-order valence-electron chi connectivity index (χ3n) is 3.79. The Morgan fingerprint density at radius 1 is 1.17 bits per heavy atom. The van der Waals surface area contributed by atoms with Crippen LogP contribution in [0.3, 0.4) is 0 Å². The normalized spacial score (nSPS) is 16.8. The fraction of sp³-hybridized carbons (Fsp3) is 0.438. The van der Waals surface area contributed by atoms with Crippen LogP contribution >= 0.6 is 0 Å². The van der Waals surface area contributed by atoms with Crippen molar-refractivity contribution in [3.63, 3.8) is 0 Å². The average Bonchev–Trinajstić information content (AvgIpc) is 2.54. The summed E-state index contributed by atoms with van der Waals surface area (Å²) >= 11 is 0. The molecule has 0 aliphatic carbocycles. The van der Waals surface area contributed by atoms with Gasteiger partial charge in [-0.3, -0.25) is 9.69 Å². The second kappa shape index (κ2) is 8.24.